The second-order valence-corrected chi connectivity index (χ2v) is 4.47. The molecular formula is C14H20O2. The van der Waals surface area contributed by atoms with Crippen LogP contribution in [0.2, 0.25) is 0 Å². The molecule has 1 rings (SSSR count). The minimum absolute atomic E-state index is 0.287. The quantitative estimate of drug-likeness (QED) is 0.737. The summed E-state index contributed by atoms with van der Waals surface area (Å²) in [4.78, 5) is 11.8. The normalized spacial score (nSPS) is 12.4. The van der Waals surface area contributed by atoms with Crippen LogP contribution >= 0.6 is 0 Å². The van der Waals surface area contributed by atoms with E-state index < -0.39 is 0 Å². The van der Waals surface area contributed by atoms with Crippen LogP contribution in [0.1, 0.15) is 24.5 Å². The Morgan fingerprint density at radius 3 is 2.81 bits per heavy atom. The maximum Gasteiger partial charge on any atom is 0.137 e. The van der Waals surface area contributed by atoms with Crippen LogP contribution < -0.4 is 0 Å². The predicted octanol–water partition coefficient (Wildman–Crippen LogP) is 2.78. The molecule has 0 N–H and O–H groups in total. The molecule has 0 bridgehead atoms. The molecule has 2 heteroatoms. The van der Waals surface area contributed by atoms with Crippen molar-refractivity contribution in [1.29, 1.82) is 0 Å². The first-order chi connectivity index (χ1) is 7.61. The third-order valence-corrected chi connectivity index (χ3v) is 2.51. The molecular weight excluding hydrogens is 200 g/mol. The molecule has 1 aromatic carbocycles. The van der Waals surface area contributed by atoms with Crippen molar-refractivity contribution in [3.05, 3.63) is 35.4 Å². The highest BCUT2D eigenvalue weighted by molar-refractivity contribution is 5.81. The Bertz CT molecular complexity index is 344. The Hall–Kier alpha value is -1.15. The van der Waals surface area contributed by atoms with Gasteiger partial charge in [-0.3, -0.25) is 4.79 Å². The molecule has 0 spiro atoms. The van der Waals surface area contributed by atoms with E-state index in [2.05, 4.69) is 6.07 Å². The summed E-state index contributed by atoms with van der Waals surface area (Å²) < 4.78 is 5.02. The zero-order chi connectivity index (χ0) is 12.0. The molecule has 0 aliphatic rings. The fraction of sp³-hybridized carbons (Fsp3) is 0.500. The number of Topliss-reactive ketones (excluding diaryl/α,β-unsaturated/α-hetero) is 1. The summed E-state index contributed by atoms with van der Waals surface area (Å²) in [6.07, 6.45) is 1.14. The summed E-state index contributed by atoms with van der Waals surface area (Å²) in [6.45, 7) is 4.73. The van der Waals surface area contributed by atoms with E-state index in [1.165, 1.54) is 5.56 Å². The summed E-state index contributed by atoms with van der Waals surface area (Å²) in [5.41, 5.74) is 2.31. The smallest absolute Gasteiger partial charge is 0.137 e. The van der Waals surface area contributed by atoms with Crippen LogP contribution in [-0.2, 0) is 16.0 Å². The largest absolute Gasteiger partial charge is 0.384 e. The summed E-state index contributed by atoms with van der Waals surface area (Å²) in [7, 11) is 1.67. The topological polar surface area (TPSA) is 26.3 Å². The monoisotopic (exact) mass is 220 g/mol. The van der Waals surface area contributed by atoms with Gasteiger partial charge in [-0.1, -0.05) is 36.8 Å². The molecule has 0 amide bonds. The van der Waals surface area contributed by atoms with Crippen LogP contribution in [0.4, 0.5) is 0 Å². The Labute approximate surface area is 97.6 Å². The second-order valence-electron chi connectivity index (χ2n) is 4.47. The molecule has 2 nitrogen and oxygen atoms in total. The Kier molecular flexibility index (Phi) is 5.20. The number of rotatable bonds is 6. The number of benzene rings is 1. The number of carbonyl (C=O) groups is 1. The molecule has 0 aliphatic heterocycles. The second kappa shape index (κ2) is 6.44. The van der Waals surface area contributed by atoms with E-state index in [0.717, 1.165) is 5.56 Å². The fourth-order valence-electron chi connectivity index (χ4n) is 1.85. The molecule has 0 radical (unpaired) electrons. The number of ether oxygens (including phenoxy) is 1. The van der Waals surface area contributed by atoms with Crippen molar-refractivity contribution in [2.24, 2.45) is 5.92 Å². The zero-order valence-corrected chi connectivity index (χ0v) is 10.3. The van der Waals surface area contributed by atoms with Gasteiger partial charge in [-0.2, -0.15) is 0 Å². The average Bonchev–Trinajstić information content (AvgIpc) is 2.17. The van der Waals surface area contributed by atoms with Crippen LogP contribution in [0, 0.1) is 12.8 Å². The van der Waals surface area contributed by atoms with Crippen molar-refractivity contribution >= 4 is 5.78 Å². The highest BCUT2D eigenvalue weighted by Gasteiger charge is 2.09. The zero-order valence-electron chi connectivity index (χ0n) is 10.3. The van der Waals surface area contributed by atoms with E-state index in [4.69, 9.17) is 4.74 Å². The van der Waals surface area contributed by atoms with Gasteiger partial charge >= 0.3 is 0 Å². The van der Waals surface area contributed by atoms with Gasteiger partial charge in [-0.15, -0.1) is 0 Å². The minimum Gasteiger partial charge on any atom is -0.384 e. The van der Waals surface area contributed by atoms with Crippen molar-refractivity contribution in [1.82, 2.24) is 0 Å². The lowest BCUT2D eigenvalue weighted by atomic mass is 9.99. The predicted molar refractivity (Wildman–Crippen MR) is 65.5 cm³/mol. The Balaban J connectivity index is 2.45. The van der Waals surface area contributed by atoms with Gasteiger partial charge in [0.25, 0.3) is 0 Å². The first-order valence-electron chi connectivity index (χ1n) is 5.68. The van der Waals surface area contributed by atoms with Crippen molar-refractivity contribution in [3.63, 3.8) is 0 Å². The lowest BCUT2D eigenvalue weighted by Gasteiger charge is -2.09. The first kappa shape index (κ1) is 12.9. The number of methoxy groups -OCH3 is 1. The van der Waals surface area contributed by atoms with Gasteiger partial charge in [0.2, 0.25) is 0 Å². The molecule has 88 valence electrons. The fourth-order valence-corrected chi connectivity index (χ4v) is 1.85. The van der Waals surface area contributed by atoms with Gasteiger partial charge in [-0.05, 0) is 18.4 Å². The van der Waals surface area contributed by atoms with Gasteiger partial charge in [-0.25, -0.2) is 0 Å². The van der Waals surface area contributed by atoms with Crippen LogP contribution in [0.15, 0.2) is 24.3 Å². The summed E-state index contributed by atoms with van der Waals surface area (Å²) >= 11 is 0. The average molecular weight is 220 g/mol. The van der Waals surface area contributed by atoms with E-state index >= 15 is 0 Å². The highest BCUT2D eigenvalue weighted by Crippen LogP contribution is 2.09. The van der Waals surface area contributed by atoms with Gasteiger partial charge in [0.05, 0.1) is 0 Å². The van der Waals surface area contributed by atoms with Crippen LogP contribution in [0.25, 0.3) is 0 Å². The molecule has 0 fully saturated rings. The van der Waals surface area contributed by atoms with E-state index in [0.29, 0.717) is 25.4 Å². The van der Waals surface area contributed by atoms with Gasteiger partial charge in [0, 0.05) is 26.6 Å². The first-order valence-corrected chi connectivity index (χ1v) is 5.68. The van der Waals surface area contributed by atoms with E-state index in [1.807, 2.05) is 32.0 Å². The van der Waals surface area contributed by atoms with Crippen molar-refractivity contribution < 1.29 is 9.53 Å². The number of hydrogen-bond acceptors (Lipinski definition) is 2. The van der Waals surface area contributed by atoms with Crippen LogP contribution in [0.5, 0.6) is 0 Å². The lowest BCUT2D eigenvalue weighted by Crippen LogP contribution is -2.12. The molecule has 1 aromatic rings. The van der Waals surface area contributed by atoms with Crippen molar-refractivity contribution in [2.75, 3.05) is 13.7 Å². The molecule has 1 unspecified atom stereocenters. The van der Waals surface area contributed by atoms with E-state index in [-0.39, 0.29) is 5.78 Å². The third-order valence-electron chi connectivity index (χ3n) is 2.51. The summed E-state index contributed by atoms with van der Waals surface area (Å²) in [5.74, 6) is 0.595. The van der Waals surface area contributed by atoms with Crippen molar-refractivity contribution in [3.8, 4) is 0 Å². The lowest BCUT2D eigenvalue weighted by molar-refractivity contribution is -0.119. The molecule has 0 heterocycles. The molecule has 0 saturated heterocycles. The summed E-state index contributed by atoms with van der Waals surface area (Å²) in [6, 6.07) is 8.11. The molecule has 1 atom stereocenters. The third kappa shape index (κ3) is 4.58. The SMILES string of the molecule is COCC(C)CC(=O)Cc1cccc(C)c1. The summed E-state index contributed by atoms with van der Waals surface area (Å²) in [5, 5.41) is 0. The molecule has 16 heavy (non-hydrogen) atoms. The molecule has 0 saturated carbocycles. The highest BCUT2D eigenvalue weighted by atomic mass is 16.5. The number of aryl methyl sites for hydroxylation is 1. The van der Waals surface area contributed by atoms with Crippen molar-refractivity contribution in [2.45, 2.75) is 26.7 Å². The van der Waals surface area contributed by atoms with Gasteiger partial charge in [0.15, 0.2) is 0 Å². The number of carbonyl (C=O) groups excluding carboxylic acids is 1. The van der Waals surface area contributed by atoms with E-state index in [1.54, 1.807) is 7.11 Å². The molecule has 0 aromatic heterocycles. The van der Waals surface area contributed by atoms with Gasteiger partial charge < -0.3 is 4.74 Å². The number of hydrogen-bond donors (Lipinski definition) is 0. The Morgan fingerprint density at radius 2 is 2.19 bits per heavy atom. The standard InChI is InChI=1S/C14H20O2/c1-11-5-4-6-13(7-11)9-14(15)8-12(2)10-16-3/h4-7,12H,8-10H2,1-3H3. The minimum atomic E-state index is 0.287. The Morgan fingerprint density at radius 1 is 1.44 bits per heavy atom. The van der Waals surface area contributed by atoms with Crippen LogP contribution in [-0.4, -0.2) is 19.5 Å². The number of ketones is 1. The van der Waals surface area contributed by atoms with E-state index in [9.17, 15) is 4.79 Å². The van der Waals surface area contributed by atoms with Crippen LogP contribution in [0.3, 0.4) is 0 Å². The maximum absolute atomic E-state index is 11.8. The van der Waals surface area contributed by atoms with Gasteiger partial charge in [0.1, 0.15) is 5.78 Å². The molecule has 0 aliphatic carbocycles. The maximum atomic E-state index is 11.8.